The molecule has 2 heteroatoms. The van der Waals surface area contributed by atoms with Crippen molar-refractivity contribution in [2.75, 3.05) is 13.2 Å². The first-order valence-corrected chi connectivity index (χ1v) is 11.4. The Bertz CT molecular complexity index is 240. The first kappa shape index (κ1) is 24.9. The predicted molar refractivity (Wildman–Crippen MR) is 111 cm³/mol. The van der Waals surface area contributed by atoms with Crippen LogP contribution in [0.5, 0.6) is 0 Å². The van der Waals surface area contributed by atoms with Crippen LogP contribution in [-0.2, 0) is 9.47 Å². The van der Waals surface area contributed by atoms with Crippen molar-refractivity contribution in [3.05, 3.63) is 0 Å². The Morgan fingerprint density at radius 2 is 0.920 bits per heavy atom. The minimum Gasteiger partial charge on any atom is -0.353 e. The molecule has 0 aromatic carbocycles. The van der Waals surface area contributed by atoms with Gasteiger partial charge in [-0.2, -0.15) is 0 Å². The minimum atomic E-state index is 0.0260. The zero-order chi connectivity index (χ0) is 18.6. The highest BCUT2D eigenvalue weighted by Crippen LogP contribution is 2.14. The minimum absolute atomic E-state index is 0.0260. The lowest BCUT2D eigenvalue weighted by Crippen LogP contribution is -2.19. The fourth-order valence-electron chi connectivity index (χ4n) is 3.06. The Morgan fingerprint density at radius 1 is 0.520 bits per heavy atom. The van der Waals surface area contributed by atoms with Gasteiger partial charge in [0.25, 0.3) is 0 Å². The number of unbranched alkanes of at least 4 members (excludes halogenated alkanes) is 11. The van der Waals surface area contributed by atoms with Gasteiger partial charge >= 0.3 is 0 Å². The third kappa shape index (κ3) is 20.1. The molecule has 0 N–H and O–H groups in total. The summed E-state index contributed by atoms with van der Waals surface area (Å²) in [5, 5.41) is 0. The van der Waals surface area contributed by atoms with Crippen molar-refractivity contribution in [2.45, 2.75) is 130 Å². The molecule has 25 heavy (non-hydrogen) atoms. The first-order valence-electron chi connectivity index (χ1n) is 11.4. The monoisotopic (exact) mass is 356 g/mol. The van der Waals surface area contributed by atoms with Gasteiger partial charge in [-0.3, -0.25) is 0 Å². The molecule has 0 heterocycles. The summed E-state index contributed by atoms with van der Waals surface area (Å²) >= 11 is 0. The van der Waals surface area contributed by atoms with E-state index in [1.807, 2.05) is 0 Å². The molecule has 0 aliphatic heterocycles. The van der Waals surface area contributed by atoms with Gasteiger partial charge in [-0.1, -0.05) is 98.3 Å². The second kappa shape index (κ2) is 20.2. The molecule has 0 aromatic rings. The molecule has 0 bridgehead atoms. The highest BCUT2D eigenvalue weighted by atomic mass is 16.7. The molecule has 0 rings (SSSR count). The molecular weight excluding hydrogens is 308 g/mol. The van der Waals surface area contributed by atoms with E-state index in [1.165, 1.54) is 89.9 Å². The molecule has 0 saturated carbocycles. The van der Waals surface area contributed by atoms with Crippen LogP contribution in [0.25, 0.3) is 0 Å². The molecule has 0 fully saturated rings. The van der Waals surface area contributed by atoms with E-state index in [4.69, 9.17) is 9.47 Å². The molecule has 0 spiro atoms. The second-order valence-electron chi connectivity index (χ2n) is 8.03. The maximum atomic E-state index is 6.04. The van der Waals surface area contributed by atoms with Gasteiger partial charge in [0.2, 0.25) is 0 Å². The maximum Gasteiger partial charge on any atom is 0.157 e. The molecular formula is C23H48O2. The zero-order valence-electron chi connectivity index (χ0n) is 18.0. The van der Waals surface area contributed by atoms with Gasteiger partial charge in [0.1, 0.15) is 0 Å². The van der Waals surface area contributed by atoms with Gasteiger partial charge < -0.3 is 9.47 Å². The predicted octanol–water partition coefficient (Wildman–Crippen LogP) is 7.89. The smallest absolute Gasteiger partial charge is 0.157 e. The van der Waals surface area contributed by atoms with Gasteiger partial charge in [0, 0.05) is 13.2 Å². The number of hydrogen-bond acceptors (Lipinski definition) is 2. The summed E-state index contributed by atoms with van der Waals surface area (Å²) in [6.45, 7) is 10.8. The van der Waals surface area contributed by atoms with Crippen molar-refractivity contribution in [1.82, 2.24) is 0 Å². The molecule has 1 unspecified atom stereocenters. The normalized spacial score (nSPS) is 12.8. The molecule has 152 valence electrons. The highest BCUT2D eigenvalue weighted by Gasteiger charge is 2.10. The molecule has 0 aliphatic carbocycles. The van der Waals surface area contributed by atoms with Crippen LogP contribution in [0.1, 0.15) is 124 Å². The zero-order valence-corrected chi connectivity index (χ0v) is 18.0. The van der Waals surface area contributed by atoms with Gasteiger partial charge in [-0.15, -0.1) is 0 Å². The van der Waals surface area contributed by atoms with E-state index in [1.54, 1.807) is 0 Å². The van der Waals surface area contributed by atoms with Crippen molar-refractivity contribution >= 4 is 0 Å². The Kier molecular flexibility index (Phi) is 20.2. The summed E-state index contributed by atoms with van der Waals surface area (Å²) in [7, 11) is 0. The topological polar surface area (TPSA) is 18.5 Å². The quantitative estimate of drug-likeness (QED) is 0.163. The van der Waals surface area contributed by atoms with E-state index in [0.717, 1.165) is 25.6 Å². The fourth-order valence-corrected chi connectivity index (χ4v) is 3.06. The lowest BCUT2D eigenvalue weighted by molar-refractivity contribution is -0.148. The first-order chi connectivity index (χ1) is 12.2. The maximum absolute atomic E-state index is 6.04. The largest absolute Gasteiger partial charge is 0.353 e. The van der Waals surface area contributed by atoms with E-state index >= 15 is 0 Å². The highest BCUT2D eigenvalue weighted by molar-refractivity contribution is 4.53. The average Bonchev–Trinajstić information content (AvgIpc) is 2.60. The summed E-state index contributed by atoms with van der Waals surface area (Å²) in [5.74, 6) is 0.724. The molecule has 2 nitrogen and oxygen atoms in total. The van der Waals surface area contributed by atoms with Gasteiger partial charge in [0.05, 0.1) is 0 Å². The van der Waals surface area contributed by atoms with Crippen molar-refractivity contribution in [3.8, 4) is 0 Å². The van der Waals surface area contributed by atoms with E-state index in [2.05, 4.69) is 27.7 Å². The van der Waals surface area contributed by atoms with Crippen LogP contribution in [0.15, 0.2) is 0 Å². The van der Waals surface area contributed by atoms with Crippen LogP contribution in [0.3, 0.4) is 0 Å². The Labute approximate surface area is 159 Å². The third-order valence-corrected chi connectivity index (χ3v) is 4.83. The summed E-state index contributed by atoms with van der Waals surface area (Å²) in [5.41, 5.74) is 0. The van der Waals surface area contributed by atoms with Gasteiger partial charge in [0.15, 0.2) is 6.29 Å². The van der Waals surface area contributed by atoms with Crippen LogP contribution >= 0.6 is 0 Å². The molecule has 0 amide bonds. The summed E-state index contributed by atoms with van der Waals surface area (Å²) in [4.78, 5) is 0. The van der Waals surface area contributed by atoms with E-state index in [0.29, 0.717) is 0 Å². The Balaban J connectivity index is 3.67. The summed E-state index contributed by atoms with van der Waals surface area (Å²) in [6, 6.07) is 0. The average molecular weight is 357 g/mol. The molecule has 0 saturated heterocycles. The molecule has 0 radical (unpaired) electrons. The second-order valence-corrected chi connectivity index (χ2v) is 8.03. The van der Waals surface area contributed by atoms with E-state index in [9.17, 15) is 0 Å². The van der Waals surface area contributed by atoms with Crippen molar-refractivity contribution in [1.29, 1.82) is 0 Å². The van der Waals surface area contributed by atoms with E-state index in [-0.39, 0.29) is 6.29 Å². The molecule has 1 atom stereocenters. The van der Waals surface area contributed by atoms with Crippen LogP contribution in [0, 0.1) is 5.92 Å². The van der Waals surface area contributed by atoms with Crippen LogP contribution in [-0.4, -0.2) is 19.5 Å². The van der Waals surface area contributed by atoms with Crippen molar-refractivity contribution < 1.29 is 9.47 Å². The standard InChI is InChI=1S/C23H48O2/c1-5-7-9-11-13-15-17-21-25-23(19-18-22(3)4)24-20-16-14-12-10-8-6-2/h22-23H,5-21H2,1-4H3. The lowest BCUT2D eigenvalue weighted by Gasteiger charge is -2.19. The van der Waals surface area contributed by atoms with E-state index < -0.39 is 0 Å². The number of rotatable bonds is 20. The Hall–Kier alpha value is -0.0800. The number of hydrogen-bond donors (Lipinski definition) is 0. The lowest BCUT2D eigenvalue weighted by atomic mass is 10.1. The third-order valence-electron chi connectivity index (χ3n) is 4.83. The molecule has 0 aromatic heterocycles. The SMILES string of the molecule is CCCCCCCCCOC(CCC(C)C)OCCCCCCCC. The number of ether oxygens (including phenoxy) is 2. The van der Waals surface area contributed by atoms with Gasteiger partial charge in [-0.05, 0) is 31.6 Å². The summed E-state index contributed by atoms with van der Waals surface area (Å²) < 4.78 is 12.1. The molecule has 0 aliphatic rings. The van der Waals surface area contributed by atoms with Crippen LogP contribution < -0.4 is 0 Å². The van der Waals surface area contributed by atoms with Crippen molar-refractivity contribution in [2.24, 2.45) is 5.92 Å². The van der Waals surface area contributed by atoms with Crippen LogP contribution in [0.4, 0.5) is 0 Å². The summed E-state index contributed by atoms with van der Waals surface area (Å²) in [6.07, 6.45) is 19.5. The fraction of sp³-hybridized carbons (Fsp3) is 1.00. The van der Waals surface area contributed by atoms with Crippen molar-refractivity contribution in [3.63, 3.8) is 0 Å². The Morgan fingerprint density at radius 3 is 1.32 bits per heavy atom. The van der Waals surface area contributed by atoms with Gasteiger partial charge in [-0.25, -0.2) is 0 Å². The van der Waals surface area contributed by atoms with Crippen LogP contribution in [0.2, 0.25) is 0 Å².